The van der Waals surface area contributed by atoms with Crippen molar-refractivity contribution in [2.24, 2.45) is 5.92 Å². The second-order valence-corrected chi connectivity index (χ2v) is 4.93. The van der Waals surface area contributed by atoms with Crippen LogP contribution in [0.2, 0.25) is 0 Å². The van der Waals surface area contributed by atoms with Gasteiger partial charge in [0.1, 0.15) is 0 Å². The summed E-state index contributed by atoms with van der Waals surface area (Å²) in [5.74, 6) is -0.483. The zero-order chi connectivity index (χ0) is 14.7. The minimum absolute atomic E-state index is 0.167. The Labute approximate surface area is 114 Å². The van der Waals surface area contributed by atoms with E-state index in [-0.39, 0.29) is 18.6 Å². The molecule has 1 unspecified atom stereocenters. The fraction of sp³-hybridized carbons (Fsp3) is 0.846. The van der Waals surface area contributed by atoms with Crippen LogP contribution in [0.15, 0.2) is 0 Å². The Balaban J connectivity index is 3.44. The fourth-order valence-corrected chi connectivity index (χ4v) is 1.47. The molecule has 0 bridgehead atoms. The van der Waals surface area contributed by atoms with Gasteiger partial charge in [-0.25, -0.2) is 4.79 Å². The zero-order valence-electron chi connectivity index (χ0n) is 12.1. The van der Waals surface area contributed by atoms with Gasteiger partial charge in [-0.2, -0.15) is 0 Å². The van der Waals surface area contributed by atoms with Crippen molar-refractivity contribution in [3.8, 4) is 0 Å². The molecule has 0 rings (SSSR count). The summed E-state index contributed by atoms with van der Waals surface area (Å²) < 4.78 is 5.29. The summed E-state index contributed by atoms with van der Waals surface area (Å²) in [6.45, 7) is 7.41. The number of rotatable bonds is 10. The number of carboxylic acid groups (broad SMARTS) is 1. The van der Waals surface area contributed by atoms with Crippen molar-refractivity contribution in [1.82, 2.24) is 10.6 Å². The summed E-state index contributed by atoms with van der Waals surface area (Å²) >= 11 is 0. The van der Waals surface area contributed by atoms with E-state index in [4.69, 9.17) is 9.84 Å². The molecule has 6 nitrogen and oxygen atoms in total. The highest BCUT2D eigenvalue weighted by molar-refractivity contribution is 5.73. The highest BCUT2D eigenvalue weighted by Gasteiger charge is 2.06. The van der Waals surface area contributed by atoms with Crippen molar-refractivity contribution >= 4 is 12.0 Å². The quantitative estimate of drug-likeness (QED) is 0.528. The van der Waals surface area contributed by atoms with Gasteiger partial charge in [0.25, 0.3) is 0 Å². The van der Waals surface area contributed by atoms with Crippen LogP contribution >= 0.6 is 0 Å². The van der Waals surface area contributed by atoms with Gasteiger partial charge in [0.05, 0.1) is 12.7 Å². The summed E-state index contributed by atoms with van der Waals surface area (Å²) in [6, 6.07) is -0.210. The van der Waals surface area contributed by atoms with E-state index in [1.54, 1.807) is 0 Å². The summed E-state index contributed by atoms with van der Waals surface area (Å²) in [5.41, 5.74) is 0. The van der Waals surface area contributed by atoms with E-state index in [0.29, 0.717) is 32.0 Å². The number of urea groups is 1. The SMILES string of the molecule is CC(CCNC(=O)NCCOC(C)C)CCC(=O)O. The number of carbonyl (C=O) groups is 2. The molecule has 0 heterocycles. The molecule has 2 amide bonds. The van der Waals surface area contributed by atoms with Crippen LogP contribution in [0.3, 0.4) is 0 Å². The Kier molecular flexibility index (Phi) is 9.88. The van der Waals surface area contributed by atoms with Crippen LogP contribution in [-0.4, -0.2) is 42.9 Å². The topological polar surface area (TPSA) is 87.7 Å². The van der Waals surface area contributed by atoms with Crippen molar-refractivity contribution < 1.29 is 19.4 Å². The number of hydrogen-bond acceptors (Lipinski definition) is 3. The summed E-state index contributed by atoms with van der Waals surface area (Å²) in [5, 5.41) is 14.0. The van der Waals surface area contributed by atoms with Crippen molar-refractivity contribution in [3.05, 3.63) is 0 Å². The lowest BCUT2D eigenvalue weighted by Crippen LogP contribution is -2.38. The lowest BCUT2D eigenvalue weighted by molar-refractivity contribution is -0.137. The average Bonchev–Trinajstić information content (AvgIpc) is 2.32. The summed E-state index contributed by atoms with van der Waals surface area (Å²) in [6.07, 6.45) is 1.77. The normalized spacial score (nSPS) is 12.2. The molecule has 0 fully saturated rings. The largest absolute Gasteiger partial charge is 0.481 e. The highest BCUT2D eigenvalue weighted by atomic mass is 16.5. The predicted molar refractivity (Wildman–Crippen MR) is 73.1 cm³/mol. The number of nitrogens with one attached hydrogen (secondary N) is 2. The third-order valence-corrected chi connectivity index (χ3v) is 2.61. The van der Waals surface area contributed by atoms with Gasteiger partial charge in [-0.15, -0.1) is 0 Å². The molecule has 0 aromatic rings. The molecule has 0 spiro atoms. The molecule has 19 heavy (non-hydrogen) atoms. The van der Waals surface area contributed by atoms with E-state index >= 15 is 0 Å². The molecule has 0 saturated carbocycles. The van der Waals surface area contributed by atoms with Crippen molar-refractivity contribution in [3.63, 3.8) is 0 Å². The lowest BCUT2D eigenvalue weighted by Gasteiger charge is -2.12. The smallest absolute Gasteiger partial charge is 0.314 e. The first-order valence-electron chi connectivity index (χ1n) is 6.77. The molecule has 0 aliphatic heterocycles. The molecule has 0 aromatic heterocycles. The summed E-state index contributed by atoms with van der Waals surface area (Å²) in [4.78, 5) is 21.8. The van der Waals surface area contributed by atoms with Crippen LogP contribution in [0.4, 0.5) is 4.79 Å². The van der Waals surface area contributed by atoms with E-state index in [9.17, 15) is 9.59 Å². The minimum atomic E-state index is -0.775. The number of carbonyl (C=O) groups excluding carboxylic acids is 1. The van der Waals surface area contributed by atoms with Gasteiger partial charge in [-0.3, -0.25) is 4.79 Å². The molecule has 0 aromatic carbocycles. The van der Waals surface area contributed by atoms with Gasteiger partial charge >= 0.3 is 12.0 Å². The Morgan fingerprint density at radius 3 is 2.32 bits per heavy atom. The van der Waals surface area contributed by atoms with Gasteiger partial charge in [0.2, 0.25) is 0 Å². The lowest BCUT2D eigenvalue weighted by atomic mass is 10.0. The highest BCUT2D eigenvalue weighted by Crippen LogP contribution is 2.08. The van der Waals surface area contributed by atoms with Gasteiger partial charge < -0.3 is 20.5 Å². The second kappa shape index (κ2) is 10.6. The van der Waals surface area contributed by atoms with Gasteiger partial charge in [-0.05, 0) is 32.6 Å². The number of amides is 2. The van der Waals surface area contributed by atoms with Crippen LogP contribution < -0.4 is 10.6 Å². The number of hydrogen-bond donors (Lipinski definition) is 3. The molecule has 0 aliphatic rings. The third kappa shape index (κ3) is 12.9. The molecule has 112 valence electrons. The minimum Gasteiger partial charge on any atom is -0.481 e. The third-order valence-electron chi connectivity index (χ3n) is 2.61. The number of carboxylic acids is 1. The van der Waals surface area contributed by atoms with Crippen LogP contribution in [-0.2, 0) is 9.53 Å². The van der Waals surface area contributed by atoms with Crippen molar-refractivity contribution in [1.29, 1.82) is 0 Å². The van der Waals surface area contributed by atoms with Crippen molar-refractivity contribution in [2.75, 3.05) is 19.7 Å². The van der Waals surface area contributed by atoms with Gasteiger partial charge in [-0.1, -0.05) is 6.92 Å². The Morgan fingerprint density at radius 1 is 1.11 bits per heavy atom. The van der Waals surface area contributed by atoms with E-state index in [1.165, 1.54) is 0 Å². The fourth-order valence-electron chi connectivity index (χ4n) is 1.47. The Morgan fingerprint density at radius 2 is 1.74 bits per heavy atom. The van der Waals surface area contributed by atoms with Gasteiger partial charge in [0, 0.05) is 19.5 Å². The predicted octanol–water partition coefficient (Wildman–Crippen LogP) is 1.60. The van der Waals surface area contributed by atoms with Crippen molar-refractivity contribution in [2.45, 2.75) is 46.1 Å². The first-order chi connectivity index (χ1) is 8.91. The standard InChI is InChI=1S/C13H26N2O4/c1-10(2)19-9-8-15-13(18)14-7-6-11(3)4-5-12(16)17/h10-11H,4-9H2,1-3H3,(H,16,17)(H2,14,15,18). The van der Waals surface area contributed by atoms with Crippen LogP contribution in [0.1, 0.15) is 40.0 Å². The molecule has 0 aliphatic carbocycles. The molecule has 0 radical (unpaired) electrons. The molecule has 0 saturated heterocycles. The first kappa shape index (κ1) is 17.7. The van der Waals surface area contributed by atoms with E-state index < -0.39 is 5.97 Å². The second-order valence-electron chi connectivity index (χ2n) is 4.93. The monoisotopic (exact) mass is 274 g/mol. The number of aliphatic carboxylic acids is 1. The maximum absolute atomic E-state index is 11.4. The average molecular weight is 274 g/mol. The molecule has 6 heteroatoms. The number of ether oxygens (including phenoxy) is 1. The Bertz CT molecular complexity index is 269. The van der Waals surface area contributed by atoms with Gasteiger partial charge in [0.15, 0.2) is 0 Å². The molecule has 3 N–H and O–H groups in total. The van der Waals surface area contributed by atoms with E-state index in [1.807, 2.05) is 20.8 Å². The zero-order valence-corrected chi connectivity index (χ0v) is 12.1. The maximum Gasteiger partial charge on any atom is 0.314 e. The molecular formula is C13H26N2O4. The Hall–Kier alpha value is -1.30. The summed E-state index contributed by atoms with van der Waals surface area (Å²) in [7, 11) is 0. The van der Waals surface area contributed by atoms with Crippen LogP contribution in [0, 0.1) is 5.92 Å². The first-order valence-corrected chi connectivity index (χ1v) is 6.77. The molecular weight excluding hydrogens is 248 g/mol. The molecule has 1 atom stereocenters. The van der Waals surface area contributed by atoms with E-state index in [0.717, 1.165) is 6.42 Å². The van der Waals surface area contributed by atoms with Crippen LogP contribution in [0.5, 0.6) is 0 Å². The maximum atomic E-state index is 11.4. The van der Waals surface area contributed by atoms with Crippen LogP contribution in [0.25, 0.3) is 0 Å². The van der Waals surface area contributed by atoms with E-state index in [2.05, 4.69) is 10.6 Å².